The molecule has 36 heavy (non-hydrogen) atoms. The highest BCUT2D eigenvalue weighted by molar-refractivity contribution is 7.17. The van der Waals surface area contributed by atoms with Crippen molar-refractivity contribution in [2.24, 2.45) is 0 Å². The van der Waals surface area contributed by atoms with Gasteiger partial charge in [0.25, 0.3) is 5.56 Å². The minimum atomic E-state index is -0.587. The molecule has 0 aliphatic carbocycles. The molecule has 192 valence electrons. The maximum atomic E-state index is 13.3. The molecule has 0 fully saturated rings. The number of fused-ring (bicyclic) bond motifs is 2. The maximum Gasteiger partial charge on any atom is 0.332 e. The van der Waals surface area contributed by atoms with Crippen molar-refractivity contribution >= 4 is 33.4 Å². The van der Waals surface area contributed by atoms with Gasteiger partial charge in [-0.1, -0.05) is 19.9 Å². The minimum absolute atomic E-state index is 0.0533. The van der Waals surface area contributed by atoms with E-state index in [1.165, 1.54) is 15.9 Å². The number of hydrogen-bond acceptors (Lipinski definition) is 7. The summed E-state index contributed by atoms with van der Waals surface area (Å²) in [5.74, 6) is 0.824. The fourth-order valence-corrected chi connectivity index (χ4v) is 5.02. The first-order valence-electron chi connectivity index (χ1n) is 12.1. The Hall–Kier alpha value is -3.60. The Labute approximate surface area is 212 Å². The van der Waals surface area contributed by atoms with Crippen molar-refractivity contribution in [2.75, 3.05) is 19.9 Å². The molecule has 1 aliphatic heterocycles. The molecule has 0 saturated heterocycles. The lowest BCUT2D eigenvalue weighted by Crippen LogP contribution is -2.44. The summed E-state index contributed by atoms with van der Waals surface area (Å²) in [5, 5.41) is 4.53. The van der Waals surface area contributed by atoms with Gasteiger partial charge in [-0.2, -0.15) is 0 Å². The van der Waals surface area contributed by atoms with E-state index in [2.05, 4.69) is 5.32 Å². The molecule has 1 N–H and O–H groups in total. The summed E-state index contributed by atoms with van der Waals surface area (Å²) in [5.41, 5.74) is 0.251. The molecule has 0 bridgehead atoms. The summed E-state index contributed by atoms with van der Waals surface area (Å²) in [6, 6.07) is 7.10. The van der Waals surface area contributed by atoms with Gasteiger partial charge in [-0.3, -0.25) is 23.5 Å². The molecule has 0 saturated carbocycles. The second kappa shape index (κ2) is 11.4. The van der Waals surface area contributed by atoms with Crippen LogP contribution in [0.25, 0.3) is 10.2 Å². The highest BCUT2D eigenvalue weighted by atomic mass is 32.1. The van der Waals surface area contributed by atoms with Crippen LogP contribution in [0.4, 0.5) is 0 Å². The molecule has 0 unspecified atom stereocenters. The van der Waals surface area contributed by atoms with E-state index in [0.717, 1.165) is 23.0 Å². The lowest BCUT2D eigenvalue weighted by molar-refractivity contribution is -0.132. The van der Waals surface area contributed by atoms with Gasteiger partial charge in [0.2, 0.25) is 18.6 Å². The molecule has 3 aromatic rings. The third-order valence-electron chi connectivity index (χ3n) is 5.96. The van der Waals surface area contributed by atoms with Crippen molar-refractivity contribution in [2.45, 2.75) is 52.7 Å². The van der Waals surface area contributed by atoms with Crippen molar-refractivity contribution in [1.82, 2.24) is 19.4 Å². The SMILES string of the molecule is CCCN(CCC)C(=O)Cn1c(=O)n(CCC(=O)NCc2ccc3c(c2)OCO3)c(=O)c2sccc21. The van der Waals surface area contributed by atoms with Crippen LogP contribution in [-0.4, -0.2) is 45.7 Å². The minimum Gasteiger partial charge on any atom is -0.454 e. The second-order valence-electron chi connectivity index (χ2n) is 8.56. The average molecular weight is 515 g/mol. The van der Waals surface area contributed by atoms with Crippen LogP contribution in [0.5, 0.6) is 11.5 Å². The van der Waals surface area contributed by atoms with Crippen LogP contribution >= 0.6 is 11.3 Å². The molecule has 1 aromatic carbocycles. The monoisotopic (exact) mass is 514 g/mol. The fraction of sp³-hybridized carbons (Fsp3) is 0.440. The van der Waals surface area contributed by atoms with E-state index >= 15 is 0 Å². The van der Waals surface area contributed by atoms with Crippen LogP contribution in [0.3, 0.4) is 0 Å². The number of carbonyl (C=O) groups excluding carboxylic acids is 2. The summed E-state index contributed by atoms with van der Waals surface area (Å²) in [4.78, 5) is 53.5. The van der Waals surface area contributed by atoms with Crippen molar-refractivity contribution in [3.63, 3.8) is 0 Å². The predicted molar refractivity (Wildman–Crippen MR) is 137 cm³/mol. The van der Waals surface area contributed by atoms with Crippen LogP contribution in [0.1, 0.15) is 38.7 Å². The van der Waals surface area contributed by atoms with E-state index < -0.39 is 11.2 Å². The zero-order chi connectivity index (χ0) is 25.7. The average Bonchev–Trinajstić information content (AvgIpc) is 3.54. The summed E-state index contributed by atoms with van der Waals surface area (Å²) < 4.78 is 13.4. The molecule has 3 heterocycles. The van der Waals surface area contributed by atoms with Crippen LogP contribution in [0.15, 0.2) is 39.2 Å². The highest BCUT2D eigenvalue weighted by Crippen LogP contribution is 2.32. The normalized spacial score (nSPS) is 12.2. The number of nitrogens with one attached hydrogen (secondary N) is 1. The Bertz CT molecular complexity index is 1370. The van der Waals surface area contributed by atoms with Gasteiger partial charge in [-0.05, 0) is 42.0 Å². The van der Waals surface area contributed by atoms with E-state index in [1.807, 2.05) is 19.9 Å². The van der Waals surface area contributed by atoms with Crippen LogP contribution in [-0.2, 0) is 29.2 Å². The van der Waals surface area contributed by atoms with E-state index in [4.69, 9.17) is 9.47 Å². The molecule has 10 nitrogen and oxygen atoms in total. The summed E-state index contributed by atoms with van der Waals surface area (Å²) in [6.45, 7) is 5.43. The van der Waals surface area contributed by atoms with Crippen molar-refractivity contribution in [1.29, 1.82) is 0 Å². The number of rotatable bonds is 11. The predicted octanol–water partition coefficient (Wildman–Crippen LogP) is 2.31. The van der Waals surface area contributed by atoms with Gasteiger partial charge in [0.15, 0.2) is 11.5 Å². The van der Waals surface area contributed by atoms with Gasteiger partial charge in [-0.15, -0.1) is 11.3 Å². The Balaban J connectivity index is 1.48. The van der Waals surface area contributed by atoms with E-state index in [0.29, 0.717) is 34.8 Å². The highest BCUT2D eigenvalue weighted by Gasteiger charge is 2.20. The molecule has 11 heteroatoms. The largest absolute Gasteiger partial charge is 0.454 e. The molecule has 0 atom stereocenters. The first kappa shape index (κ1) is 25.5. The van der Waals surface area contributed by atoms with E-state index in [-0.39, 0.29) is 44.7 Å². The molecule has 2 aromatic heterocycles. The Kier molecular flexibility index (Phi) is 8.09. The Morgan fingerprint density at radius 1 is 1.06 bits per heavy atom. The maximum absolute atomic E-state index is 13.3. The third-order valence-corrected chi connectivity index (χ3v) is 6.85. The standard InChI is InChI=1S/C25H30N4O6S/c1-3-9-27(10-4-2)22(31)15-29-18-8-12-36-23(18)24(32)28(25(29)33)11-7-21(30)26-14-17-5-6-19-20(13-17)35-16-34-19/h5-6,8,12-13H,3-4,7,9-11,14-16H2,1-2H3,(H,26,30). The van der Waals surface area contributed by atoms with Crippen LogP contribution in [0.2, 0.25) is 0 Å². The molecule has 0 spiro atoms. The second-order valence-corrected chi connectivity index (χ2v) is 9.47. The Morgan fingerprint density at radius 3 is 2.56 bits per heavy atom. The lowest BCUT2D eigenvalue weighted by Gasteiger charge is -2.22. The number of benzene rings is 1. The molecule has 0 radical (unpaired) electrons. The number of ether oxygens (including phenoxy) is 2. The number of thiophene rings is 1. The zero-order valence-corrected chi connectivity index (χ0v) is 21.3. The fourth-order valence-electron chi connectivity index (χ4n) is 4.17. The van der Waals surface area contributed by atoms with E-state index in [1.54, 1.807) is 28.5 Å². The van der Waals surface area contributed by atoms with Gasteiger partial charge < -0.3 is 19.7 Å². The number of amides is 2. The summed E-state index contributed by atoms with van der Waals surface area (Å²) >= 11 is 1.22. The van der Waals surface area contributed by atoms with Gasteiger partial charge in [0.05, 0.1) is 5.52 Å². The molecular weight excluding hydrogens is 484 g/mol. The number of aromatic nitrogens is 2. The van der Waals surface area contributed by atoms with Crippen molar-refractivity contribution < 1.29 is 19.1 Å². The van der Waals surface area contributed by atoms with Crippen molar-refractivity contribution in [3.8, 4) is 11.5 Å². The lowest BCUT2D eigenvalue weighted by atomic mass is 10.2. The quantitative estimate of drug-likeness (QED) is 0.420. The zero-order valence-electron chi connectivity index (χ0n) is 20.5. The number of carbonyl (C=O) groups is 2. The summed E-state index contributed by atoms with van der Waals surface area (Å²) in [6.07, 6.45) is 1.58. The summed E-state index contributed by atoms with van der Waals surface area (Å²) in [7, 11) is 0. The van der Waals surface area contributed by atoms with Crippen molar-refractivity contribution in [3.05, 3.63) is 56.0 Å². The van der Waals surface area contributed by atoms with Crippen LogP contribution in [0, 0.1) is 0 Å². The Morgan fingerprint density at radius 2 is 1.81 bits per heavy atom. The smallest absolute Gasteiger partial charge is 0.332 e. The number of hydrogen-bond donors (Lipinski definition) is 1. The molecular formula is C25H30N4O6S. The first-order valence-corrected chi connectivity index (χ1v) is 12.9. The van der Waals surface area contributed by atoms with Gasteiger partial charge in [-0.25, -0.2) is 4.79 Å². The molecule has 1 aliphatic rings. The first-order chi connectivity index (χ1) is 17.4. The molecule has 4 rings (SSSR count). The van der Waals surface area contributed by atoms with Crippen LogP contribution < -0.4 is 26.0 Å². The van der Waals surface area contributed by atoms with E-state index in [9.17, 15) is 19.2 Å². The topological polar surface area (TPSA) is 112 Å². The van der Waals surface area contributed by atoms with Gasteiger partial charge in [0.1, 0.15) is 11.2 Å². The number of nitrogens with zero attached hydrogens (tertiary/aromatic N) is 3. The van der Waals surface area contributed by atoms with Gasteiger partial charge >= 0.3 is 5.69 Å². The van der Waals surface area contributed by atoms with Gasteiger partial charge in [0, 0.05) is 32.6 Å². The third kappa shape index (κ3) is 5.46. The molecule has 2 amide bonds.